The van der Waals surface area contributed by atoms with Crippen molar-refractivity contribution in [1.82, 2.24) is 9.55 Å². The molecule has 3 N–H and O–H groups in total. The van der Waals surface area contributed by atoms with Crippen LogP contribution in [0.25, 0.3) is 0 Å². The fourth-order valence-corrected chi connectivity index (χ4v) is 3.56. The first-order chi connectivity index (χ1) is 12.9. The summed E-state index contributed by atoms with van der Waals surface area (Å²) in [6.45, 7) is 2.45. The van der Waals surface area contributed by atoms with E-state index in [9.17, 15) is 0 Å². The molecule has 1 heterocycles. The van der Waals surface area contributed by atoms with Gasteiger partial charge in [0.05, 0.1) is 12.9 Å². The number of nitrogens with zero attached hydrogens (tertiary/aromatic N) is 3. The fraction of sp³-hybridized carbons (Fsp3) is 0.158. The minimum Gasteiger partial charge on any atom is -0.370 e. The summed E-state index contributed by atoms with van der Waals surface area (Å²) >= 11 is 18.4. The lowest BCUT2D eigenvalue weighted by Gasteiger charge is -2.28. The Morgan fingerprint density at radius 3 is 2.48 bits per heavy atom. The SMILES string of the molecule is CC(Cn1ccnc1)(N=C(N)Nc1ccc(Cl)cc1)c1ccc(Cl)cc1Cl. The van der Waals surface area contributed by atoms with Gasteiger partial charge in [-0.3, -0.25) is 0 Å². The van der Waals surface area contributed by atoms with Crippen molar-refractivity contribution in [3.63, 3.8) is 0 Å². The van der Waals surface area contributed by atoms with Gasteiger partial charge in [-0.05, 0) is 48.9 Å². The molecule has 0 bridgehead atoms. The number of nitrogens with two attached hydrogens (primary N) is 1. The van der Waals surface area contributed by atoms with Gasteiger partial charge in [0, 0.05) is 33.1 Å². The molecule has 3 rings (SSSR count). The van der Waals surface area contributed by atoms with E-state index >= 15 is 0 Å². The number of imidazole rings is 1. The van der Waals surface area contributed by atoms with E-state index in [0.29, 0.717) is 21.6 Å². The molecule has 1 unspecified atom stereocenters. The lowest BCUT2D eigenvalue weighted by Crippen LogP contribution is -2.33. The Kier molecular flexibility index (Phi) is 5.95. The first-order valence-corrected chi connectivity index (χ1v) is 9.28. The number of aromatic nitrogens is 2. The number of hydrogen-bond donors (Lipinski definition) is 2. The smallest absolute Gasteiger partial charge is 0.194 e. The Morgan fingerprint density at radius 1 is 1.15 bits per heavy atom. The molecule has 0 radical (unpaired) electrons. The van der Waals surface area contributed by atoms with Gasteiger partial charge in [0.1, 0.15) is 5.54 Å². The van der Waals surface area contributed by atoms with Crippen LogP contribution in [0.1, 0.15) is 12.5 Å². The van der Waals surface area contributed by atoms with Crippen LogP contribution in [0.15, 0.2) is 66.2 Å². The van der Waals surface area contributed by atoms with Crippen LogP contribution in [-0.2, 0) is 12.1 Å². The Hall–Kier alpha value is -2.21. The Bertz CT molecular complexity index is 938. The van der Waals surface area contributed by atoms with Crippen molar-refractivity contribution >= 4 is 46.4 Å². The first kappa shape index (κ1) is 19.5. The molecule has 0 aliphatic heterocycles. The molecule has 0 amide bonds. The predicted molar refractivity (Wildman–Crippen MR) is 113 cm³/mol. The van der Waals surface area contributed by atoms with Gasteiger partial charge in [0.15, 0.2) is 5.96 Å². The third kappa shape index (κ3) is 4.95. The topological polar surface area (TPSA) is 68.2 Å². The summed E-state index contributed by atoms with van der Waals surface area (Å²) in [7, 11) is 0. The minimum absolute atomic E-state index is 0.256. The summed E-state index contributed by atoms with van der Waals surface area (Å²) in [6.07, 6.45) is 5.30. The average Bonchev–Trinajstić information content (AvgIpc) is 3.09. The number of hydrogen-bond acceptors (Lipinski definition) is 2. The Balaban J connectivity index is 1.96. The predicted octanol–water partition coefficient (Wildman–Crippen LogP) is 5.19. The van der Waals surface area contributed by atoms with Crippen molar-refractivity contribution < 1.29 is 0 Å². The number of benzene rings is 2. The standard InChI is InChI=1S/C19H18Cl3N5/c1-19(11-27-9-8-24-12-27,16-7-4-14(21)10-17(16)22)26-18(23)25-15-5-2-13(20)3-6-15/h2-10,12H,11H2,1H3,(H3,23,25,26). The van der Waals surface area contributed by atoms with Crippen LogP contribution < -0.4 is 11.1 Å². The highest BCUT2D eigenvalue weighted by molar-refractivity contribution is 6.35. The van der Waals surface area contributed by atoms with Crippen LogP contribution in [0.4, 0.5) is 5.69 Å². The van der Waals surface area contributed by atoms with E-state index in [2.05, 4.69) is 10.3 Å². The first-order valence-electron chi connectivity index (χ1n) is 8.15. The van der Waals surface area contributed by atoms with Gasteiger partial charge in [0.2, 0.25) is 0 Å². The number of guanidine groups is 1. The highest BCUT2D eigenvalue weighted by Gasteiger charge is 2.29. The second kappa shape index (κ2) is 8.21. The molecular weight excluding hydrogens is 405 g/mol. The Labute approximate surface area is 172 Å². The molecule has 0 aliphatic rings. The fourth-order valence-electron chi connectivity index (χ4n) is 2.82. The maximum absolute atomic E-state index is 6.46. The number of rotatable bonds is 5. The van der Waals surface area contributed by atoms with Gasteiger partial charge in [-0.25, -0.2) is 9.98 Å². The van der Waals surface area contributed by atoms with Crippen LogP contribution in [0, 0.1) is 0 Å². The summed E-state index contributed by atoms with van der Waals surface area (Å²) in [5.74, 6) is 0.256. The third-order valence-corrected chi connectivity index (χ3v) is 4.84. The van der Waals surface area contributed by atoms with Crippen LogP contribution >= 0.6 is 34.8 Å². The maximum Gasteiger partial charge on any atom is 0.194 e. The second-order valence-corrected chi connectivity index (χ2v) is 7.54. The summed E-state index contributed by atoms with van der Waals surface area (Å²) in [6, 6.07) is 12.5. The molecule has 27 heavy (non-hydrogen) atoms. The molecule has 0 saturated carbocycles. The molecule has 140 valence electrons. The van der Waals surface area contributed by atoms with E-state index in [-0.39, 0.29) is 5.96 Å². The molecule has 1 aromatic heterocycles. The molecular formula is C19H18Cl3N5. The number of halogens is 3. The molecule has 1 atom stereocenters. The van der Waals surface area contributed by atoms with E-state index in [1.165, 1.54) is 0 Å². The number of anilines is 1. The lowest BCUT2D eigenvalue weighted by molar-refractivity contribution is 0.414. The van der Waals surface area contributed by atoms with Gasteiger partial charge in [-0.1, -0.05) is 40.9 Å². The van der Waals surface area contributed by atoms with E-state index in [4.69, 9.17) is 45.5 Å². The van der Waals surface area contributed by atoms with E-state index < -0.39 is 5.54 Å². The van der Waals surface area contributed by atoms with Crippen molar-refractivity contribution in [3.05, 3.63) is 81.8 Å². The van der Waals surface area contributed by atoms with Gasteiger partial charge >= 0.3 is 0 Å². The summed E-state index contributed by atoms with van der Waals surface area (Å²) < 4.78 is 1.92. The largest absolute Gasteiger partial charge is 0.370 e. The zero-order valence-electron chi connectivity index (χ0n) is 14.5. The minimum atomic E-state index is -0.744. The average molecular weight is 423 g/mol. The summed E-state index contributed by atoms with van der Waals surface area (Å²) in [4.78, 5) is 8.83. The Morgan fingerprint density at radius 2 is 1.85 bits per heavy atom. The quantitative estimate of drug-likeness (QED) is 0.439. The van der Waals surface area contributed by atoms with Gasteiger partial charge in [-0.15, -0.1) is 0 Å². The van der Waals surface area contributed by atoms with Gasteiger partial charge in [0.25, 0.3) is 0 Å². The monoisotopic (exact) mass is 421 g/mol. The van der Waals surface area contributed by atoms with Crippen molar-refractivity contribution in [2.45, 2.75) is 19.0 Å². The number of nitrogens with one attached hydrogen (secondary N) is 1. The molecule has 0 spiro atoms. The maximum atomic E-state index is 6.46. The zero-order chi connectivity index (χ0) is 19.4. The number of aliphatic imine (C=N–C) groups is 1. The van der Waals surface area contributed by atoms with Gasteiger partial charge in [-0.2, -0.15) is 0 Å². The van der Waals surface area contributed by atoms with Crippen molar-refractivity contribution in [1.29, 1.82) is 0 Å². The molecule has 3 aromatic rings. The molecule has 5 nitrogen and oxygen atoms in total. The van der Waals surface area contributed by atoms with Crippen molar-refractivity contribution in [2.75, 3.05) is 5.32 Å². The van der Waals surface area contributed by atoms with Crippen LogP contribution in [0.2, 0.25) is 15.1 Å². The van der Waals surface area contributed by atoms with Crippen molar-refractivity contribution in [3.8, 4) is 0 Å². The lowest BCUT2D eigenvalue weighted by atomic mass is 9.92. The molecule has 0 fully saturated rings. The van der Waals surface area contributed by atoms with E-state index in [0.717, 1.165) is 11.3 Å². The second-order valence-electron chi connectivity index (χ2n) is 6.26. The zero-order valence-corrected chi connectivity index (χ0v) is 16.8. The molecule has 0 aliphatic carbocycles. The van der Waals surface area contributed by atoms with Crippen LogP contribution in [0.5, 0.6) is 0 Å². The third-order valence-electron chi connectivity index (χ3n) is 4.04. The van der Waals surface area contributed by atoms with Gasteiger partial charge < -0.3 is 15.6 Å². The highest BCUT2D eigenvalue weighted by Crippen LogP contribution is 2.35. The van der Waals surface area contributed by atoms with Crippen LogP contribution in [0.3, 0.4) is 0 Å². The summed E-state index contributed by atoms with van der Waals surface area (Å²) in [5.41, 5.74) is 7.04. The van der Waals surface area contributed by atoms with Crippen LogP contribution in [-0.4, -0.2) is 15.5 Å². The molecule has 2 aromatic carbocycles. The normalized spacial score (nSPS) is 14.0. The molecule has 0 saturated heterocycles. The van der Waals surface area contributed by atoms with E-state index in [1.54, 1.807) is 36.8 Å². The van der Waals surface area contributed by atoms with E-state index in [1.807, 2.05) is 35.9 Å². The molecule has 8 heteroatoms. The summed E-state index contributed by atoms with van der Waals surface area (Å²) in [5, 5.41) is 4.81. The highest BCUT2D eigenvalue weighted by atomic mass is 35.5. The van der Waals surface area contributed by atoms with Crippen molar-refractivity contribution in [2.24, 2.45) is 10.7 Å².